The highest BCUT2D eigenvalue weighted by molar-refractivity contribution is 5.78. The van der Waals surface area contributed by atoms with Crippen molar-refractivity contribution in [2.24, 2.45) is 0 Å². The first-order valence-electron chi connectivity index (χ1n) is 11.7. The van der Waals surface area contributed by atoms with Crippen LogP contribution in [0.1, 0.15) is 25.0 Å². The maximum Gasteiger partial charge on any atom is 0.127 e. The van der Waals surface area contributed by atoms with Gasteiger partial charge in [0, 0.05) is 11.1 Å². The quantitative estimate of drug-likeness (QED) is 0.600. The first-order chi connectivity index (χ1) is 16.6. The van der Waals surface area contributed by atoms with Gasteiger partial charge >= 0.3 is 0 Å². The molecule has 1 heterocycles. The Morgan fingerprint density at radius 1 is 0.588 bits per heavy atom. The molecule has 0 radical (unpaired) electrons. The average Bonchev–Trinajstić information content (AvgIpc) is 2.82. The molecule has 184 valence electrons. The number of ether oxygens (including phenoxy) is 6. The molecule has 34 heavy (non-hydrogen) atoms. The molecule has 0 saturated heterocycles. The van der Waals surface area contributed by atoms with Gasteiger partial charge in [0.05, 0.1) is 52.9 Å². The van der Waals surface area contributed by atoms with E-state index in [1.54, 1.807) is 0 Å². The predicted molar refractivity (Wildman–Crippen MR) is 136 cm³/mol. The van der Waals surface area contributed by atoms with Crippen LogP contribution in [0, 0.1) is 0 Å². The van der Waals surface area contributed by atoms with Gasteiger partial charge in [0.2, 0.25) is 0 Å². The minimum atomic E-state index is 0.431. The van der Waals surface area contributed by atoms with Gasteiger partial charge in [-0.05, 0) is 42.7 Å². The van der Waals surface area contributed by atoms with Gasteiger partial charge in [-0.3, -0.25) is 0 Å². The van der Waals surface area contributed by atoms with Crippen LogP contribution in [0.5, 0.6) is 11.5 Å². The van der Waals surface area contributed by atoms with Gasteiger partial charge in [-0.15, -0.1) is 0 Å². The molecule has 0 aromatic heterocycles. The zero-order valence-electron chi connectivity index (χ0n) is 20.4. The van der Waals surface area contributed by atoms with Crippen LogP contribution < -0.4 is 9.47 Å². The molecule has 0 spiro atoms. The Labute approximate surface area is 203 Å². The van der Waals surface area contributed by atoms with Crippen LogP contribution >= 0.6 is 0 Å². The van der Waals surface area contributed by atoms with E-state index in [2.05, 4.69) is 31.4 Å². The number of fused-ring (bicyclic) bond motifs is 4. The molecule has 6 nitrogen and oxygen atoms in total. The van der Waals surface area contributed by atoms with Crippen molar-refractivity contribution in [2.45, 2.75) is 13.8 Å². The molecule has 0 amide bonds. The highest BCUT2D eigenvalue weighted by Crippen LogP contribution is 2.37. The molecular weight excluding hydrogens is 432 g/mol. The second kappa shape index (κ2) is 13.9. The highest BCUT2D eigenvalue weighted by Gasteiger charge is 2.13. The molecule has 0 N–H and O–H groups in total. The van der Waals surface area contributed by atoms with Crippen molar-refractivity contribution < 1.29 is 28.4 Å². The Hall–Kier alpha value is -2.64. The first-order valence-corrected chi connectivity index (χ1v) is 11.7. The second-order valence-electron chi connectivity index (χ2n) is 8.13. The largest absolute Gasteiger partial charge is 0.491 e. The van der Waals surface area contributed by atoms with E-state index in [4.69, 9.17) is 28.4 Å². The number of rotatable bonds is 2. The summed E-state index contributed by atoms with van der Waals surface area (Å²) in [6, 6.07) is 12.3. The summed E-state index contributed by atoms with van der Waals surface area (Å²) in [5.41, 5.74) is 5.90. The molecule has 1 aliphatic rings. The standard InChI is InChI=1S/C28H36O6/c1-21(2)23-5-8-26-24-6-7-25(22(3)4)27(20-24)33-17-15-31-13-11-29-9-10-30-12-14-32-16-18-34-28(26)19-23/h5-8,19-20H,1,3,9-18H2,2,4H3. The number of allylic oxidation sites excluding steroid dienone is 2. The minimum Gasteiger partial charge on any atom is -0.491 e. The third-order valence-corrected chi connectivity index (χ3v) is 5.31. The fourth-order valence-corrected chi connectivity index (χ4v) is 3.49. The van der Waals surface area contributed by atoms with Crippen molar-refractivity contribution in [2.75, 3.05) is 66.1 Å². The van der Waals surface area contributed by atoms with Crippen LogP contribution in [0.15, 0.2) is 49.6 Å². The monoisotopic (exact) mass is 468 g/mol. The lowest BCUT2D eigenvalue weighted by Gasteiger charge is -2.17. The van der Waals surface area contributed by atoms with E-state index >= 15 is 0 Å². The third-order valence-electron chi connectivity index (χ3n) is 5.31. The van der Waals surface area contributed by atoms with E-state index in [0.717, 1.165) is 44.9 Å². The Balaban J connectivity index is 1.85. The zero-order valence-corrected chi connectivity index (χ0v) is 20.4. The summed E-state index contributed by atoms with van der Waals surface area (Å²) >= 11 is 0. The summed E-state index contributed by atoms with van der Waals surface area (Å²) in [4.78, 5) is 0. The molecule has 2 bridgehead atoms. The lowest BCUT2D eigenvalue weighted by molar-refractivity contribution is -0.00695. The van der Waals surface area contributed by atoms with E-state index in [1.807, 2.05) is 32.0 Å². The fourth-order valence-electron chi connectivity index (χ4n) is 3.49. The number of hydrogen-bond donors (Lipinski definition) is 0. The van der Waals surface area contributed by atoms with Gasteiger partial charge in [0.1, 0.15) is 24.7 Å². The Kier molecular flexibility index (Phi) is 10.6. The van der Waals surface area contributed by atoms with Gasteiger partial charge in [-0.2, -0.15) is 0 Å². The summed E-state index contributed by atoms with van der Waals surface area (Å²) in [5, 5.41) is 0. The van der Waals surface area contributed by atoms with E-state index in [0.29, 0.717) is 66.1 Å². The number of benzene rings is 2. The fraction of sp³-hybridized carbons (Fsp3) is 0.429. The van der Waals surface area contributed by atoms with Crippen molar-refractivity contribution >= 4 is 11.1 Å². The summed E-state index contributed by atoms with van der Waals surface area (Å²) in [5.74, 6) is 1.55. The maximum atomic E-state index is 6.15. The van der Waals surface area contributed by atoms with E-state index in [-0.39, 0.29) is 0 Å². The van der Waals surface area contributed by atoms with Gasteiger partial charge < -0.3 is 28.4 Å². The van der Waals surface area contributed by atoms with Crippen molar-refractivity contribution in [1.82, 2.24) is 0 Å². The summed E-state index contributed by atoms with van der Waals surface area (Å²) in [7, 11) is 0. The maximum absolute atomic E-state index is 6.15. The minimum absolute atomic E-state index is 0.431. The van der Waals surface area contributed by atoms with Crippen LogP contribution in [0.2, 0.25) is 0 Å². The lowest BCUT2D eigenvalue weighted by atomic mass is 9.97. The number of hydrogen-bond acceptors (Lipinski definition) is 6. The Bertz CT molecular complexity index is 952. The summed E-state index contributed by atoms with van der Waals surface area (Å²) in [6.07, 6.45) is 0. The van der Waals surface area contributed by atoms with Crippen molar-refractivity contribution in [3.05, 3.63) is 60.7 Å². The van der Waals surface area contributed by atoms with Crippen molar-refractivity contribution in [1.29, 1.82) is 0 Å². The van der Waals surface area contributed by atoms with Gasteiger partial charge in [-0.25, -0.2) is 0 Å². The van der Waals surface area contributed by atoms with Gasteiger partial charge in [0.25, 0.3) is 0 Å². The van der Waals surface area contributed by atoms with Crippen LogP contribution in [0.4, 0.5) is 0 Å². The molecule has 0 atom stereocenters. The van der Waals surface area contributed by atoms with Gasteiger partial charge in [-0.1, -0.05) is 43.0 Å². The molecular formula is C28H36O6. The molecule has 0 fully saturated rings. The van der Waals surface area contributed by atoms with Gasteiger partial charge in [0.15, 0.2) is 0 Å². The second-order valence-corrected chi connectivity index (χ2v) is 8.13. The highest BCUT2D eigenvalue weighted by atomic mass is 16.6. The molecule has 1 aliphatic heterocycles. The van der Waals surface area contributed by atoms with Crippen LogP contribution in [0.3, 0.4) is 0 Å². The molecule has 0 saturated carbocycles. The predicted octanol–water partition coefficient (Wildman–Crippen LogP) is 5.26. The SMILES string of the molecule is C=C(C)c1ccc2c(c1)OCCOCCOCCOCCOCCOc1cc-2ccc1C(=C)C. The van der Waals surface area contributed by atoms with Crippen molar-refractivity contribution in [3.63, 3.8) is 0 Å². The third kappa shape index (κ3) is 7.99. The van der Waals surface area contributed by atoms with Crippen molar-refractivity contribution in [3.8, 4) is 22.6 Å². The van der Waals surface area contributed by atoms with Crippen LogP contribution in [-0.2, 0) is 18.9 Å². The molecule has 6 heteroatoms. The first kappa shape index (κ1) is 26.0. The normalized spacial score (nSPS) is 16.8. The topological polar surface area (TPSA) is 55.4 Å². The molecule has 2 aromatic rings. The van der Waals surface area contributed by atoms with Crippen LogP contribution in [0.25, 0.3) is 22.3 Å². The molecule has 0 unspecified atom stereocenters. The molecule has 0 aliphatic carbocycles. The zero-order chi connectivity index (χ0) is 24.2. The summed E-state index contributed by atoms with van der Waals surface area (Å²) < 4.78 is 34.6. The Morgan fingerprint density at radius 3 is 1.65 bits per heavy atom. The molecule has 3 rings (SSSR count). The Morgan fingerprint density at radius 2 is 1.12 bits per heavy atom. The van der Waals surface area contributed by atoms with Crippen LogP contribution in [-0.4, -0.2) is 66.1 Å². The summed E-state index contributed by atoms with van der Waals surface area (Å²) in [6.45, 7) is 17.0. The van der Waals surface area contributed by atoms with E-state index < -0.39 is 0 Å². The smallest absolute Gasteiger partial charge is 0.127 e. The van der Waals surface area contributed by atoms with E-state index in [9.17, 15) is 0 Å². The molecule has 2 aromatic carbocycles. The lowest BCUT2D eigenvalue weighted by Crippen LogP contribution is -2.14. The van der Waals surface area contributed by atoms with E-state index in [1.165, 1.54) is 0 Å². The average molecular weight is 469 g/mol.